The smallest absolute Gasteiger partial charge is 0.163 e. The minimum Gasteiger partial charge on any atom is -0.294 e. The third-order valence-corrected chi connectivity index (χ3v) is 13.8. The van der Waals surface area contributed by atoms with E-state index >= 15 is 0 Å². The molecular formula is C59H36N4. The molecule has 0 saturated heterocycles. The minimum atomic E-state index is -0.413. The molecule has 4 nitrogen and oxygen atoms in total. The van der Waals surface area contributed by atoms with Crippen molar-refractivity contribution in [2.24, 2.45) is 0 Å². The lowest BCUT2D eigenvalue weighted by molar-refractivity contribution is 0.794. The number of rotatable bonds is 4. The Morgan fingerprint density at radius 2 is 0.667 bits per heavy atom. The molecule has 2 aliphatic carbocycles. The Morgan fingerprint density at radius 1 is 0.286 bits per heavy atom. The fourth-order valence-electron chi connectivity index (χ4n) is 11.2. The molecule has 14 rings (SSSR count). The van der Waals surface area contributed by atoms with Gasteiger partial charge in [-0.25, -0.2) is 9.97 Å². The van der Waals surface area contributed by atoms with Gasteiger partial charge >= 0.3 is 0 Å². The molecular weight excluding hydrogens is 765 g/mol. The summed E-state index contributed by atoms with van der Waals surface area (Å²) in [6.07, 6.45) is 0. The Labute approximate surface area is 363 Å². The quantitative estimate of drug-likeness (QED) is 0.178. The maximum Gasteiger partial charge on any atom is 0.163 e. The van der Waals surface area contributed by atoms with Gasteiger partial charge in [0.2, 0.25) is 0 Å². The monoisotopic (exact) mass is 800 g/mol. The van der Waals surface area contributed by atoms with Crippen molar-refractivity contribution in [1.29, 1.82) is 0 Å². The molecule has 63 heavy (non-hydrogen) atoms. The van der Waals surface area contributed by atoms with Gasteiger partial charge in [0.15, 0.2) is 5.82 Å². The molecule has 0 fully saturated rings. The number of hydrogen-bond donors (Lipinski definition) is 0. The van der Waals surface area contributed by atoms with Gasteiger partial charge in [0, 0.05) is 33.2 Å². The molecule has 1 spiro atoms. The van der Waals surface area contributed by atoms with E-state index in [9.17, 15) is 0 Å². The Hall–Kier alpha value is -8.34. The van der Waals surface area contributed by atoms with Gasteiger partial charge in [-0.05, 0) is 92.0 Å². The first-order valence-corrected chi connectivity index (χ1v) is 21.7. The summed E-state index contributed by atoms with van der Waals surface area (Å²) in [6.45, 7) is 0. The third-order valence-electron chi connectivity index (χ3n) is 13.8. The number of nitrogens with zero attached hydrogens (tertiary/aromatic N) is 4. The molecule has 0 saturated carbocycles. The number of fused-ring (bicyclic) bond motifs is 16. The van der Waals surface area contributed by atoms with E-state index in [0.29, 0.717) is 5.82 Å². The van der Waals surface area contributed by atoms with Crippen LogP contribution < -0.4 is 0 Å². The Kier molecular flexibility index (Phi) is 7.01. The van der Waals surface area contributed by atoms with Crippen LogP contribution in [0.1, 0.15) is 22.3 Å². The summed E-state index contributed by atoms with van der Waals surface area (Å²) in [6, 6.07) is 79.5. The third kappa shape index (κ3) is 4.64. The highest BCUT2D eigenvalue weighted by Gasteiger charge is 2.51. The van der Waals surface area contributed by atoms with E-state index in [0.717, 1.165) is 50.4 Å². The van der Waals surface area contributed by atoms with Gasteiger partial charge < -0.3 is 0 Å². The molecule has 3 heterocycles. The number of benzene rings is 9. The van der Waals surface area contributed by atoms with E-state index in [2.05, 4.69) is 228 Å². The zero-order valence-corrected chi connectivity index (χ0v) is 34.1. The van der Waals surface area contributed by atoms with Gasteiger partial charge in [0.25, 0.3) is 0 Å². The van der Waals surface area contributed by atoms with Crippen molar-refractivity contribution in [2.75, 3.05) is 0 Å². The lowest BCUT2D eigenvalue weighted by Gasteiger charge is -2.30. The predicted molar refractivity (Wildman–Crippen MR) is 258 cm³/mol. The van der Waals surface area contributed by atoms with Crippen LogP contribution in [0.25, 0.3) is 100 Å². The van der Waals surface area contributed by atoms with Crippen LogP contribution in [0, 0.1) is 0 Å². The molecule has 4 heteroatoms. The molecule has 0 N–H and O–H groups in total. The summed E-state index contributed by atoms with van der Waals surface area (Å²) in [7, 11) is 0. The average molecular weight is 801 g/mol. The van der Waals surface area contributed by atoms with Gasteiger partial charge in [-0.1, -0.05) is 176 Å². The fraction of sp³-hybridized carbons (Fsp3) is 0.0169. The van der Waals surface area contributed by atoms with E-state index in [1.165, 1.54) is 66.1 Å². The lowest BCUT2D eigenvalue weighted by atomic mass is 9.70. The van der Waals surface area contributed by atoms with Crippen LogP contribution in [0.4, 0.5) is 0 Å². The van der Waals surface area contributed by atoms with E-state index in [-0.39, 0.29) is 0 Å². The molecule has 0 bridgehead atoms. The highest BCUT2D eigenvalue weighted by Crippen LogP contribution is 2.63. The molecule has 0 aliphatic heterocycles. The predicted octanol–water partition coefficient (Wildman–Crippen LogP) is 14.3. The summed E-state index contributed by atoms with van der Waals surface area (Å²) < 4.78 is 4.60. The Morgan fingerprint density at radius 3 is 1.14 bits per heavy atom. The zero-order chi connectivity index (χ0) is 41.2. The highest BCUT2D eigenvalue weighted by molar-refractivity contribution is 6.10. The van der Waals surface area contributed by atoms with E-state index in [1.807, 2.05) is 0 Å². The summed E-state index contributed by atoms with van der Waals surface area (Å²) in [5, 5.41) is 4.77. The molecule has 12 aromatic rings. The molecule has 0 unspecified atom stereocenters. The largest absolute Gasteiger partial charge is 0.294 e. The molecule has 0 atom stereocenters. The first-order valence-electron chi connectivity index (χ1n) is 21.7. The lowest BCUT2D eigenvalue weighted by Crippen LogP contribution is -2.25. The van der Waals surface area contributed by atoms with Gasteiger partial charge in [0.05, 0.1) is 27.5 Å². The molecule has 9 aromatic carbocycles. The number of para-hydroxylation sites is 4. The van der Waals surface area contributed by atoms with Gasteiger partial charge in [-0.2, -0.15) is 0 Å². The topological polar surface area (TPSA) is 35.6 Å². The van der Waals surface area contributed by atoms with Gasteiger partial charge in [-0.3, -0.25) is 9.13 Å². The summed E-state index contributed by atoms with van der Waals surface area (Å²) in [5.41, 5.74) is 17.8. The number of aromatic nitrogens is 4. The first-order chi connectivity index (χ1) is 31.3. The van der Waals surface area contributed by atoms with Crippen molar-refractivity contribution < 1.29 is 0 Å². The molecule has 292 valence electrons. The van der Waals surface area contributed by atoms with E-state index in [1.54, 1.807) is 0 Å². The van der Waals surface area contributed by atoms with E-state index in [4.69, 9.17) is 9.97 Å². The van der Waals surface area contributed by atoms with Crippen LogP contribution in [0.5, 0.6) is 0 Å². The van der Waals surface area contributed by atoms with Gasteiger partial charge in [-0.15, -0.1) is 0 Å². The standard InChI is InChI=1S/C59H36N4/c1-8-25-48-40(18-1)41-19-2-9-26-49(41)59(48)50-27-10-3-20-42(50)43-33-32-38(35-51(43)59)37-16-15-17-39(34-37)58-60-56(62-52-28-11-4-21-44(52)45-22-5-12-29-53(45)62)36-57(61-58)63-54-30-13-6-23-46(54)47-24-7-14-31-55(47)63/h1-36H. The van der Waals surface area contributed by atoms with Crippen LogP contribution >= 0.6 is 0 Å². The van der Waals surface area contributed by atoms with Crippen molar-refractivity contribution in [3.05, 3.63) is 241 Å². The number of hydrogen-bond acceptors (Lipinski definition) is 2. The van der Waals surface area contributed by atoms with Crippen LogP contribution in [0.15, 0.2) is 218 Å². The van der Waals surface area contributed by atoms with Crippen LogP contribution in [0.3, 0.4) is 0 Å². The van der Waals surface area contributed by atoms with Crippen LogP contribution in [0.2, 0.25) is 0 Å². The minimum absolute atomic E-state index is 0.413. The van der Waals surface area contributed by atoms with Crippen molar-refractivity contribution in [2.45, 2.75) is 5.41 Å². The van der Waals surface area contributed by atoms with Crippen molar-refractivity contribution in [3.8, 4) is 56.4 Å². The second kappa shape index (κ2) is 12.8. The van der Waals surface area contributed by atoms with E-state index < -0.39 is 5.41 Å². The fourth-order valence-corrected chi connectivity index (χ4v) is 11.2. The summed E-state index contributed by atoms with van der Waals surface area (Å²) >= 11 is 0. The Balaban J connectivity index is 0.996. The molecule has 3 aromatic heterocycles. The van der Waals surface area contributed by atoms with Crippen molar-refractivity contribution in [1.82, 2.24) is 19.1 Å². The molecule has 2 aliphatic rings. The highest BCUT2D eigenvalue weighted by atomic mass is 15.1. The maximum atomic E-state index is 5.48. The maximum absolute atomic E-state index is 5.48. The summed E-state index contributed by atoms with van der Waals surface area (Å²) in [4.78, 5) is 11.0. The van der Waals surface area contributed by atoms with Crippen LogP contribution in [-0.2, 0) is 5.41 Å². The molecule has 0 amide bonds. The molecule has 0 radical (unpaired) electrons. The Bertz CT molecular complexity index is 3580. The first kappa shape index (κ1) is 34.4. The van der Waals surface area contributed by atoms with Gasteiger partial charge in [0.1, 0.15) is 11.6 Å². The summed E-state index contributed by atoms with van der Waals surface area (Å²) in [5.74, 6) is 2.29. The average Bonchev–Trinajstić information content (AvgIpc) is 4.06. The SMILES string of the molecule is c1cc(-c2ccc3c(c2)C2(c4ccccc4-c4ccccc42)c2ccccc2-3)cc(-c2nc(-n3c4ccccc4c4ccccc43)cc(-n3c4ccccc4c4ccccc43)n2)c1. The van der Waals surface area contributed by atoms with Crippen molar-refractivity contribution in [3.63, 3.8) is 0 Å². The van der Waals surface area contributed by atoms with Crippen LogP contribution in [-0.4, -0.2) is 19.1 Å². The second-order valence-corrected chi connectivity index (χ2v) is 16.9. The normalized spacial score (nSPS) is 13.2. The zero-order valence-electron chi connectivity index (χ0n) is 34.1. The van der Waals surface area contributed by atoms with Crippen molar-refractivity contribution >= 4 is 43.6 Å². The second-order valence-electron chi connectivity index (χ2n) is 16.9.